The number of hydrogen-bond donors (Lipinski definition) is 2. The van der Waals surface area contributed by atoms with Crippen molar-refractivity contribution in [1.29, 1.82) is 0 Å². The summed E-state index contributed by atoms with van der Waals surface area (Å²) in [5.41, 5.74) is -0.165. The summed E-state index contributed by atoms with van der Waals surface area (Å²) in [4.78, 5) is 29.0. The molecule has 172 valence electrons. The molecule has 2 N–H and O–H groups in total. The fourth-order valence-corrected chi connectivity index (χ4v) is 5.21. The molecule has 2 saturated heterocycles. The molecule has 32 heavy (non-hydrogen) atoms. The minimum atomic E-state index is -1.30. The van der Waals surface area contributed by atoms with Crippen molar-refractivity contribution in [3.8, 4) is 5.75 Å². The number of piperidine rings is 1. The summed E-state index contributed by atoms with van der Waals surface area (Å²) in [5, 5.41) is 12.9. The van der Waals surface area contributed by atoms with E-state index < -0.39 is 17.2 Å². The lowest BCUT2D eigenvalue weighted by atomic mass is 10.0. The summed E-state index contributed by atoms with van der Waals surface area (Å²) in [7, 11) is 1.48. The minimum absolute atomic E-state index is 0.0586. The highest BCUT2D eigenvalue weighted by Crippen LogP contribution is 2.43. The van der Waals surface area contributed by atoms with Crippen molar-refractivity contribution in [2.45, 2.75) is 37.8 Å². The highest BCUT2D eigenvalue weighted by atomic mass is 19.1. The summed E-state index contributed by atoms with van der Waals surface area (Å²) < 4.78 is 22.9. The number of pyridine rings is 1. The van der Waals surface area contributed by atoms with E-state index in [1.165, 1.54) is 19.4 Å². The lowest BCUT2D eigenvalue weighted by Crippen LogP contribution is -2.53. The second kappa shape index (κ2) is 8.37. The smallest absolute Gasteiger partial charge is 0.341 e. The van der Waals surface area contributed by atoms with E-state index in [1.807, 2.05) is 4.90 Å². The SMILES string of the molecule is COc1c(N2CCN(C3CCNCC3)CC2)c(F)cc2c(=O)c(C(=O)O)cn(C3CC3)c12. The summed E-state index contributed by atoms with van der Waals surface area (Å²) in [6, 6.07) is 1.86. The van der Waals surface area contributed by atoms with E-state index in [4.69, 9.17) is 4.74 Å². The van der Waals surface area contributed by atoms with E-state index in [0.717, 1.165) is 51.9 Å². The van der Waals surface area contributed by atoms with Crippen molar-refractivity contribution >= 4 is 22.6 Å². The molecule has 0 amide bonds. The molecule has 2 aliphatic heterocycles. The number of aromatic carboxylic acids is 1. The Balaban J connectivity index is 1.55. The lowest BCUT2D eigenvalue weighted by Gasteiger charge is -2.42. The number of methoxy groups -OCH3 is 1. The standard InChI is InChI=1S/C23H29FN4O4/c1-32-22-19-16(21(29)17(23(30)31)13-28(19)15-2-3-15)12-18(24)20(22)27-10-8-26(9-11-27)14-4-6-25-7-5-14/h12-15,25H,2-11H2,1H3,(H,30,31). The van der Waals surface area contributed by atoms with Crippen molar-refractivity contribution in [1.82, 2.24) is 14.8 Å². The number of carboxylic acids is 1. The molecule has 1 saturated carbocycles. The molecule has 2 aromatic rings. The molecule has 3 fully saturated rings. The number of nitrogens with one attached hydrogen (secondary N) is 1. The second-order valence-corrected chi connectivity index (χ2v) is 8.96. The first-order valence-electron chi connectivity index (χ1n) is 11.4. The monoisotopic (exact) mass is 444 g/mol. The zero-order chi connectivity index (χ0) is 22.4. The van der Waals surface area contributed by atoms with Gasteiger partial charge in [0.15, 0.2) is 11.6 Å². The molecule has 0 unspecified atom stereocenters. The van der Waals surface area contributed by atoms with Gasteiger partial charge >= 0.3 is 5.97 Å². The molecule has 8 nitrogen and oxygen atoms in total. The van der Waals surface area contributed by atoms with Crippen molar-refractivity contribution in [3.05, 3.63) is 33.9 Å². The first-order valence-corrected chi connectivity index (χ1v) is 11.4. The van der Waals surface area contributed by atoms with Crippen LogP contribution in [0.5, 0.6) is 5.75 Å². The van der Waals surface area contributed by atoms with Crippen LogP contribution in [-0.4, -0.2) is 73.0 Å². The predicted octanol–water partition coefficient (Wildman–Crippen LogP) is 2.06. The summed E-state index contributed by atoms with van der Waals surface area (Å²) >= 11 is 0. The maximum atomic E-state index is 15.4. The van der Waals surface area contributed by atoms with E-state index in [2.05, 4.69) is 10.2 Å². The molecule has 5 rings (SSSR count). The second-order valence-electron chi connectivity index (χ2n) is 8.96. The molecular formula is C23H29FN4O4. The molecule has 3 aliphatic rings. The highest BCUT2D eigenvalue weighted by Gasteiger charge is 2.33. The molecule has 1 aromatic heterocycles. The van der Waals surface area contributed by atoms with E-state index in [-0.39, 0.29) is 17.0 Å². The fraction of sp³-hybridized carbons (Fsp3) is 0.565. The first kappa shape index (κ1) is 21.2. The molecule has 0 spiro atoms. The number of ether oxygens (including phenoxy) is 1. The van der Waals surface area contributed by atoms with Crippen molar-refractivity contribution < 1.29 is 19.0 Å². The molecule has 3 heterocycles. The number of nitrogens with zero attached hydrogens (tertiary/aromatic N) is 3. The van der Waals surface area contributed by atoms with Gasteiger partial charge in [0.1, 0.15) is 11.3 Å². The van der Waals surface area contributed by atoms with Crippen LogP contribution in [0.2, 0.25) is 0 Å². The largest absolute Gasteiger partial charge is 0.492 e. The Morgan fingerprint density at radius 2 is 1.81 bits per heavy atom. The van der Waals surface area contributed by atoms with E-state index in [0.29, 0.717) is 36.1 Å². The van der Waals surface area contributed by atoms with E-state index in [9.17, 15) is 14.7 Å². The Bertz CT molecular complexity index is 1100. The van der Waals surface area contributed by atoms with Crippen LogP contribution in [0.3, 0.4) is 0 Å². The van der Waals surface area contributed by atoms with Gasteiger partial charge in [-0.1, -0.05) is 0 Å². The first-order chi connectivity index (χ1) is 15.5. The quantitative estimate of drug-likeness (QED) is 0.730. The van der Waals surface area contributed by atoms with Crippen LogP contribution < -0.4 is 20.4 Å². The molecule has 1 aromatic carbocycles. The topological polar surface area (TPSA) is 87.0 Å². The zero-order valence-electron chi connectivity index (χ0n) is 18.3. The van der Waals surface area contributed by atoms with Gasteiger partial charge in [0.05, 0.1) is 18.0 Å². The number of piperazine rings is 1. The fourth-order valence-electron chi connectivity index (χ4n) is 5.21. The van der Waals surface area contributed by atoms with Crippen molar-refractivity contribution in [3.63, 3.8) is 0 Å². The van der Waals surface area contributed by atoms with Crippen molar-refractivity contribution in [2.24, 2.45) is 0 Å². The molecule has 0 atom stereocenters. The third-order valence-corrected chi connectivity index (χ3v) is 7.03. The normalized spacial score (nSPS) is 20.6. The van der Waals surface area contributed by atoms with Crippen LogP contribution in [0.15, 0.2) is 17.1 Å². The maximum Gasteiger partial charge on any atom is 0.341 e. The predicted molar refractivity (Wildman–Crippen MR) is 120 cm³/mol. The Labute approximate surface area is 185 Å². The number of halogens is 1. The van der Waals surface area contributed by atoms with Crippen LogP contribution in [0.4, 0.5) is 10.1 Å². The number of anilines is 1. The van der Waals surface area contributed by atoms with Gasteiger partial charge in [0.25, 0.3) is 0 Å². The Morgan fingerprint density at radius 1 is 1.12 bits per heavy atom. The number of hydrogen-bond acceptors (Lipinski definition) is 6. The van der Waals surface area contributed by atoms with Crippen LogP contribution in [0, 0.1) is 5.82 Å². The van der Waals surface area contributed by atoms with Crippen LogP contribution in [0.1, 0.15) is 42.1 Å². The van der Waals surface area contributed by atoms with Gasteiger partial charge in [0, 0.05) is 44.5 Å². The van der Waals surface area contributed by atoms with Gasteiger partial charge in [-0.05, 0) is 44.8 Å². The summed E-state index contributed by atoms with van der Waals surface area (Å²) in [5.74, 6) is -1.54. The van der Waals surface area contributed by atoms with Gasteiger partial charge in [-0.3, -0.25) is 9.69 Å². The van der Waals surface area contributed by atoms with Crippen LogP contribution >= 0.6 is 0 Å². The third kappa shape index (κ3) is 3.63. The van der Waals surface area contributed by atoms with Gasteiger partial charge in [-0.2, -0.15) is 0 Å². The average Bonchev–Trinajstić information content (AvgIpc) is 3.65. The Kier molecular flexibility index (Phi) is 5.54. The Hall–Kier alpha value is -2.65. The van der Waals surface area contributed by atoms with Crippen LogP contribution in [-0.2, 0) is 0 Å². The number of fused-ring (bicyclic) bond motifs is 1. The summed E-state index contributed by atoms with van der Waals surface area (Å²) in [6.45, 7) is 5.11. The number of carbonyl (C=O) groups is 1. The molecule has 0 bridgehead atoms. The van der Waals surface area contributed by atoms with Gasteiger partial charge in [0.2, 0.25) is 5.43 Å². The number of rotatable bonds is 5. The summed E-state index contributed by atoms with van der Waals surface area (Å²) in [6.07, 6.45) is 5.44. The number of benzene rings is 1. The van der Waals surface area contributed by atoms with Crippen LogP contribution in [0.25, 0.3) is 10.9 Å². The lowest BCUT2D eigenvalue weighted by molar-refractivity contribution is 0.0695. The van der Waals surface area contributed by atoms with Gasteiger partial charge in [-0.25, -0.2) is 9.18 Å². The number of aromatic nitrogens is 1. The molecule has 0 radical (unpaired) electrons. The van der Waals surface area contributed by atoms with E-state index >= 15 is 4.39 Å². The molecule has 1 aliphatic carbocycles. The third-order valence-electron chi connectivity index (χ3n) is 7.03. The van der Waals surface area contributed by atoms with E-state index in [1.54, 1.807) is 4.57 Å². The number of carboxylic acid groups (broad SMARTS) is 1. The Morgan fingerprint density at radius 3 is 2.41 bits per heavy atom. The van der Waals surface area contributed by atoms with Crippen molar-refractivity contribution in [2.75, 3.05) is 51.3 Å². The minimum Gasteiger partial charge on any atom is -0.492 e. The molecule has 9 heteroatoms. The van der Waals surface area contributed by atoms with Gasteiger partial charge in [-0.15, -0.1) is 0 Å². The highest BCUT2D eigenvalue weighted by molar-refractivity contribution is 5.97. The maximum absolute atomic E-state index is 15.4. The zero-order valence-corrected chi connectivity index (χ0v) is 18.3. The van der Waals surface area contributed by atoms with Gasteiger partial charge < -0.3 is 24.6 Å². The molecular weight excluding hydrogens is 415 g/mol. The average molecular weight is 445 g/mol.